The van der Waals surface area contributed by atoms with Crippen molar-refractivity contribution in [1.82, 2.24) is 15.5 Å². The van der Waals surface area contributed by atoms with Gasteiger partial charge in [-0.1, -0.05) is 25.9 Å². The number of fused-ring (bicyclic) bond motifs is 1. The van der Waals surface area contributed by atoms with Crippen LogP contribution in [0.3, 0.4) is 0 Å². The molecule has 0 saturated carbocycles. The van der Waals surface area contributed by atoms with E-state index in [1.807, 2.05) is 18.2 Å². The molecule has 2 heterocycles. The van der Waals surface area contributed by atoms with E-state index in [2.05, 4.69) is 36.2 Å². The number of aliphatic hydroxyl groups is 1. The molecular weight excluding hydrogens is 310 g/mol. The number of aliphatic hydroxyl groups excluding tert-OH is 1. The Labute approximate surface area is 141 Å². The summed E-state index contributed by atoms with van der Waals surface area (Å²) in [6, 6.07) is 5.71. The van der Waals surface area contributed by atoms with Crippen molar-refractivity contribution >= 4 is 0 Å². The standard InChI is InChI=1S/C17H23N3O4/c1-17(2,3)14(6-7-21)18-9-15-19-16(20-24-15)11-4-5-12-13(8-11)23-10-22-12/h4-5,8,14,18,21H,6-7,9-10H2,1-3H3/t14-/m1/s1. The maximum absolute atomic E-state index is 9.21. The highest BCUT2D eigenvalue weighted by Gasteiger charge is 2.24. The van der Waals surface area contributed by atoms with E-state index in [1.54, 1.807) is 0 Å². The van der Waals surface area contributed by atoms with Gasteiger partial charge in [-0.15, -0.1) is 0 Å². The first-order valence-corrected chi connectivity index (χ1v) is 8.04. The van der Waals surface area contributed by atoms with Gasteiger partial charge < -0.3 is 24.4 Å². The largest absolute Gasteiger partial charge is 0.454 e. The molecule has 7 heteroatoms. The topological polar surface area (TPSA) is 89.6 Å². The molecule has 0 aliphatic carbocycles. The summed E-state index contributed by atoms with van der Waals surface area (Å²) < 4.78 is 16.0. The predicted molar refractivity (Wildman–Crippen MR) is 87.6 cm³/mol. The van der Waals surface area contributed by atoms with Crippen molar-refractivity contribution in [2.45, 2.75) is 39.8 Å². The second-order valence-electron chi connectivity index (χ2n) is 6.89. The number of ether oxygens (including phenoxy) is 2. The summed E-state index contributed by atoms with van der Waals surface area (Å²) >= 11 is 0. The van der Waals surface area contributed by atoms with Crippen molar-refractivity contribution in [1.29, 1.82) is 0 Å². The molecule has 2 N–H and O–H groups in total. The molecule has 0 unspecified atom stereocenters. The SMILES string of the molecule is CC(C)(C)[C@@H](CCO)NCc1nc(-c2ccc3c(c2)OCO3)no1. The van der Waals surface area contributed by atoms with Gasteiger partial charge in [-0.3, -0.25) is 0 Å². The zero-order chi connectivity index (χ0) is 17.2. The molecule has 0 fully saturated rings. The Hall–Kier alpha value is -2.12. The van der Waals surface area contributed by atoms with Crippen LogP contribution in [0.2, 0.25) is 0 Å². The summed E-state index contributed by atoms with van der Waals surface area (Å²) in [5, 5.41) is 16.6. The van der Waals surface area contributed by atoms with E-state index in [4.69, 9.17) is 14.0 Å². The minimum absolute atomic E-state index is 0.0307. The molecule has 24 heavy (non-hydrogen) atoms. The Balaban J connectivity index is 1.67. The first-order chi connectivity index (χ1) is 11.5. The van der Waals surface area contributed by atoms with Crippen LogP contribution in [0.25, 0.3) is 11.4 Å². The Morgan fingerprint density at radius 1 is 1.25 bits per heavy atom. The fraction of sp³-hybridized carbons (Fsp3) is 0.529. The first kappa shape index (κ1) is 16.7. The van der Waals surface area contributed by atoms with E-state index >= 15 is 0 Å². The zero-order valence-electron chi connectivity index (χ0n) is 14.2. The van der Waals surface area contributed by atoms with Gasteiger partial charge in [-0.2, -0.15) is 4.98 Å². The van der Waals surface area contributed by atoms with Crippen LogP contribution >= 0.6 is 0 Å². The minimum Gasteiger partial charge on any atom is -0.454 e. The highest BCUT2D eigenvalue weighted by Crippen LogP contribution is 2.35. The van der Waals surface area contributed by atoms with Crippen molar-refractivity contribution in [2.75, 3.05) is 13.4 Å². The maximum Gasteiger partial charge on any atom is 0.240 e. The first-order valence-electron chi connectivity index (χ1n) is 8.04. The van der Waals surface area contributed by atoms with Crippen molar-refractivity contribution in [3.63, 3.8) is 0 Å². The van der Waals surface area contributed by atoms with Gasteiger partial charge in [-0.25, -0.2) is 0 Å². The minimum atomic E-state index is 0.0307. The summed E-state index contributed by atoms with van der Waals surface area (Å²) in [5.74, 6) is 2.43. The lowest BCUT2D eigenvalue weighted by Crippen LogP contribution is -2.40. The average Bonchev–Trinajstić information content (AvgIpc) is 3.18. The third-order valence-corrected chi connectivity index (χ3v) is 4.06. The van der Waals surface area contributed by atoms with Gasteiger partial charge >= 0.3 is 0 Å². The van der Waals surface area contributed by atoms with Gasteiger partial charge in [-0.05, 0) is 30.0 Å². The average molecular weight is 333 g/mol. The summed E-state index contributed by atoms with van der Waals surface area (Å²) in [5.41, 5.74) is 0.847. The van der Waals surface area contributed by atoms with E-state index in [0.29, 0.717) is 30.4 Å². The predicted octanol–water partition coefficient (Wildman–Crippen LogP) is 2.35. The fourth-order valence-electron chi connectivity index (χ4n) is 2.66. The van der Waals surface area contributed by atoms with Crippen LogP contribution in [0.4, 0.5) is 0 Å². The smallest absolute Gasteiger partial charge is 0.240 e. The number of aromatic nitrogens is 2. The lowest BCUT2D eigenvalue weighted by Gasteiger charge is -2.30. The molecule has 7 nitrogen and oxygen atoms in total. The van der Waals surface area contributed by atoms with Crippen molar-refractivity contribution in [2.24, 2.45) is 5.41 Å². The molecule has 1 aromatic carbocycles. The van der Waals surface area contributed by atoms with Crippen LogP contribution in [0.15, 0.2) is 22.7 Å². The van der Waals surface area contributed by atoms with Crippen molar-refractivity contribution in [3.8, 4) is 22.9 Å². The highest BCUT2D eigenvalue weighted by molar-refractivity contribution is 5.61. The molecule has 0 radical (unpaired) electrons. The number of hydrogen-bond donors (Lipinski definition) is 2. The summed E-state index contributed by atoms with van der Waals surface area (Å²) in [6.07, 6.45) is 0.673. The van der Waals surface area contributed by atoms with Gasteiger partial charge in [0.15, 0.2) is 11.5 Å². The van der Waals surface area contributed by atoms with E-state index in [-0.39, 0.29) is 24.9 Å². The maximum atomic E-state index is 9.21. The van der Waals surface area contributed by atoms with E-state index in [1.165, 1.54) is 0 Å². The summed E-state index contributed by atoms with van der Waals surface area (Å²) in [7, 11) is 0. The van der Waals surface area contributed by atoms with Crippen LogP contribution in [-0.2, 0) is 6.54 Å². The van der Waals surface area contributed by atoms with Crippen LogP contribution in [0.5, 0.6) is 11.5 Å². The summed E-state index contributed by atoms with van der Waals surface area (Å²) in [4.78, 5) is 4.42. The van der Waals surface area contributed by atoms with E-state index < -0.39 is 0 Å². The Morgan fingerprint density at radius 2 is 2.04 bits per heavy atom. The van der Waals surface area contributed by atoms with Crippen LogP contribution in [0.1, 0.15) is 33.1 Å². The lowest BCUT2D eigenvalue weighted by atomic mass is 9.85. The van der Waals surface area contributed by atoms with E-state index in [9.17, 15) is 5.11 Å². The third-order valence-electron chi connectivity index (χ3n) is 4.06. The molecule has 0 saturated heterocycles. The second-order valence-corrected chi connectivity index (χ2v) is 6.89. The molecule has 130 valence electrons. The van der Waals surface area contributed by atoms with Crippen molar-refractivity contribution < 1.29 is 19.1 Å². The number of rotatable bonds is 6. The molecule has 1 aliphatic heterocycles. The molecular formula is C17H23N3O4. The van der Waals surface area contributed by atoms with Gasteiger partial charge in [0.2, 0.25) is 18.5 Å². The Morgan fingerprint density at radius 3 is 2.79 bits per heavy atom. The quantitative estimate of drug-likeness (QED) is 0.838. The number of nitrogens with zero attached hydrogens (tertiary/aromatic N) is 2. The fourth-order valence-corrected chi connectivity index (χ4v) is 2.66. The molecule has 0 spiro atoms. The molecule has 1 aliphatic rings. The molecule has 1 aromatic heterocycles. The zero-order valence-corrected chi connectivity index (χ0v) is 14.2. The second kappa shape index (κ2) is 6.78. The van der Waals surface area contributed by atoms with Crippen LogP contribution in [0, 0.1) is 5.41 Å². The molecule has 3 rings (SSSR count). The van der Waals surface area contributed by atoms with E-state index in [0.717, 1.165) is 11.3 Å². The molecule has 0 amide bonds. The van der Waals surface area contributed by atoms with Gasteiger partial charge in [0.1, 0.15) is 0 Å². The van der Waals surface area contributed by atoms with Crippen LogP contribution in [-0.4, -0.2) is 34.7 Å². The Kier molecular flexibility index (Phi) is 4.73. The number of benzene rings is 1. The monoisotopic (exact) mass is 333 g/mol. The number of hydrogen-bond acceptors (Lipinski definition) is 7. The molecule has 2 aromatic rings. The number of nitrogens with one attached hydrogen (secondary N) is 1. The van der Waals surface area contributed by atoms with Crippen LogP contribution < -0.4 is 14.8 Å². The highest BCUT2D eigenvalue weighted by atomic mass is 16.7. The lowest BCUT2D eigenvalue weighted by molar-refractivity contribution is 0.174. The van der Waals surface area contributed by atoms with Crippen molar-refractivity contribution in [3.05, 3.63) is 24.1 Å². The van der Waals surface area contributed by atoms with Gasteiger partial charge in [0.05, 0.1) is 6.54 Å². The molecule has 1 atom stereocenters. The van der Waals surface area contributed by atoms with Gasteiger partial charge in [0, 0.05) is 18.2 Å². The Bertz CT molecular complexity index is 693. The van der Waals surface area contributed by atoms with Gasteiger partial charge in [0.25, 0.3) is 0 Å². The molecule has 0 bridgehead atoms. The summed E-state index contributed by atoms with van der Waals surface area (Å²) in [6.45, 7) is 7.23. The third kappa shape index (κ3) is 3.68. The normalized spacial score (nSPS) is 14.8.